The first-order valence-electron chi connectivity index (χ1n) is 9.00. The molecule has 0 aromatic heterocycles. The molecule has 0 aliphatic heterocycles. The summed E-state index contributed by atoms with van der Waals surface area (Å²) in [6.07, 6.45) is -8.20. The molecule has 0 unspecified atom stereocenters. The Kier molecular flexibility index (Phi) is 7.47. The molecule has 3 N–H and O–H groups in total. The molecule has 0 fully saturated rings. The first kappa shape index (κ1) is 25.8. The Balaban J connectivity index is 2.13. The second-order valence-electron chi connectivity index (χ2n) is 6.67. The van der Waals surface area contributed by atoms with Crippen molar-refractivity contribution in [2.75, 3.05) is 5.32 Å². The number of nitrogens with one attached hydrogen (secondary N) is 2. The summed E-state index contributed by atoms with van der Waals surface area (Å²) in [5.74, 6) is -16.4. The van der Waals surface area contributed by atoms with Gasteiger partial charge in [-0.2, -0.15) is 35.8 Å². The lowest BCUT2D eigenvalue weighted by atomic mass is 10.1. The van der Waals surface area contributed by atoms with Crippen LogP contribution in [0, 0.1) is 0 Å². The van der Waals surface area contributed by atoms with Crippen molar-refractivity contribution < 1.29 is 45.4 Å². The van der Waals surface area contributed by atoms with E-state index in [2.05, 4.69) is 10.5 Å². The van der Waals surface area contributed by atoms with Crippen LogP contribution < -0.4 is 10.7 Å². The third-order valence-electron chi connectivity index (χ3n) is 4.27. The van der Waals surface area contributed by atoms with Crippen LogP contribution in [0.5, 0.6) is 0 Å². The molecule has 178 valence electrons. The maximum Gasteiger partial charge on any atom is 0.460 e. The highest BCUT2D eigenvalue weighted by Crippen LogP contribution is 2.46. The Bertz CT molecular complexity index is 1040. The van der Waals surface area contributed by atoms with Gasteiger partial charge < -0.3 is 10.4 Å². The summed E-state index contributed by atoms with van der Waals surface area (Å²) in [5, 5.41) is 15.0. The molecule has 0 aliphatic carbocycles. The fourth-order valence-corrected chi connectivity index (χ4v) is 2.40. The van der Waals surface area contributed by atoms with E-state index in [1.54, 1.807) is 18.2 Å². The first-order valence-corrected chi connectivity index (χ1v) is 9.00. The van der Waals surface area contributed by atoms with Gasteiger partial charge in [-0.25, -0.2) is 5.43 Å². The molecule has 0 spiro atoms. The maximum atomic E-state index is 13.5. The van der Waals surface area contributed by atoms with Crippen molar-refractivity contribution in [3.63, 3.8) is 0 Å². The van der Waals surface area contributed by atoms with Crippen molar-refractivity contribution in [1.82, 2.24) is 5.43 Å². The quantitative estimate of drug-likeness (QED) is 0.318. The third kappa shape index (κ3) is 5.66. The molecule has 33 heavy (non-hydrogen) atoms. The predicted octanol–water partition coefficient (Wildman–Crippen LogP) is 4.03. The van der Waals surface area contributed by atoms with Gasteiger partial charge in [-0.1, -0.05) is 42.5 Å². The topological polar surface area (TPSA) is 90.8 Å². The third-order valence-corrected chi connectivity index (χ3v) is 4.27. The van der Waals surface area contributed by atoms with Gasteiger partial charge in [0.1, 0.15) is 0 Å². The van der Waals surface area contributed by atoms with Gasteiger partial charge in [0.15, 0.2) is 6.10 Å². The minimum absolute atomic E-state index is 0.0343. The van der Waals surface area contributed by atoms with Crippen molar-refractivity contribution in [2.45, 2.75) is 31.0 Å². The Morgan fingerprint density at radius 1 is 0.939 bits per heavy atom. The van der Waals surface area contributed by atoms with Crippen LogP contribution >= 0.6 is 0 Å². The standard InChI is InChI=1S/C20H16F7N3O3/c1-11(29-30-16(32)15(31)12-6-3-2-4-7-12)13-8-5-9-14(10-13)28-17(33)18(21,22)19(23,24)20(25,26)27/h2-10,15,31H,1H3,(H,28,33)(H,30,32)/b29-11-/t15-/m0/s1. The molecule has 0 heterocycles. The molecule has 1 atom stereocenters. The van der Waals surface area contributed by atoms with Gasteiger partial charge in [0.05, 0.1) is 5.71 Å². The monoisotopic (exact) mass is 479 g/mol. The lowest BCUT2D eigenvalue weighted by Gasteiger charge is -2.27. The Labute approximate surface area is 182 Å². The summed E-state index contributed by atoms with van der Waals surface area (Å²) in [6, 6.07) is 12.3. The molecule has 2 aromatic rings. The van der Waals surface area contributed by atoms with Crippen LogP contribution in [0.4, 0.5) is 36.4 Å². The molecule has 0 saturated carbocycles. The molecule has 0 aliphatic rings. The maximum absolute atomic E-state index is 13.5. The Morgan fingerprint density at radius 3 is 2.12 bits per heavy atom. The van der Waals surface area contributed by atoms with Crippen LogP contribution in [0.15, 0.2) is 59.7 Å². The number of benzene rings is 2. The lowest BCUT2D eigenvalue weighted by Crippen LogP contribution is -2.57. The zero-order valence-electron chi connectivity index (χ0n) is 16.6. The Morgan fingerprint density at radius 2 is 1.55 bits per heavy atom. The zero-order valence-corrected chi connectivity index (χ0v) is 16.6. The van der Waals surface area contributed by atoms with Gasteiger partial charge in [0, 0.05) is 5.69 Å². The number of aliphatic hydroxyl groups is 1. The van der Waals surface area contributed by atoms with E-state index in [4.69, 9.17) is 0 Å². The van der Waals surface area contributed by atoms with Crippen LogP contribution in [0.25, 0.3) is 0 Å². The molecule has 0 bridgehead atoms. The number of rotatable bonds is 7. The van der Waals surface area contributed by atoms with E-state index in [1.165, 1.54) is 36.5 Å². The molecular weight excluding hydrogens is 463 g/mol. The van der Waals surface area contributed by atoms with E-state index in [0.29, 0.717) is 0 Å². The molecule has 2 amide bonds. The highest BCUT2D eigenvalue weighted by molar-refractivity contribution is 6.02. The number of alkyl halides is 7. The fourth-order valence-electron chi connectivity index (χ4n) is 2.40. The minimum Gasteiger partial charge on any atom is -0.378 e. The number of carbonyl (C=O) groups is 2. The average molecular weight is 479 g/mol. The highest BCUT2D eigenvalue weighted by atomic mass is 19.4. The number of nitrogens with zero attached hydrogens (tertiary/aromatic N) is 1. The first-order chi connectivity index (χ1) is 15.2. The van der Waals surface area contributed by atoms with Crippen molar-refractivity contribution in [1.29, 1.82) is 0 Å². The van der Waals surface area contributed by atoms with Gasteiger partial charge in [0.25, 0.3) is 5.91 Å². The van der Waals surface area contributed by atoms with Crippen LogP contribution in [0.2, 0.25) is 0 Å². The highest BCUT2D eigenvalue weighted by Gasteiger charge is 2.76. The molecule has 13 heteroatoms. The lowest BCUT2D eigenvalue weighted by molar-refractivity contribution is -0.343. The molecular formula is C20H16F7N3O3. The van der Waals surface area contributed by atoms with Gasteiger partial charge in [0.2, 0.25) is 0 Å². The summed E-state index contributed by atoms with van der Waals surface area (Å²) in [4.78, 5) is 23.5. The van der Waals surface area contributed by atoms with Crippen LogP contribution in [-0.4, -0.2) is 40.7 Å². The van der Waals surface area contributed by atoms with E-state index in [9.17, 15) is 45.4 Å². The molecule has 2 aromatic carbocycles. The summed E-state index contributed by atoms with van der Waals surface area (Å²) in [6.45, 7) is 1.34. The molecule has 0 saturated heterocycles. The fraction of sp³-hybridized carbons (Fsp3) is 0.250. The van der Waals surface area contributed by atoms with E-state index >= 15 is 0 Å². The summed E-state index contributed by atoms with van der Waals surface area (Å²) in [7, 11) is 0. The average Bonchev–Trinajstić information content (AvgIpc) is 2.76. The number of amides is 2. The van der Waals surface area contributed by atoms with E-state index in [0.717, 1.165) is 12.1 Å². The van der Waals surface area contributed by atoms with Crippen LogP contribution in [0.1, 0.15) is 24.2 Å². The van der Waals surface area contributed by atoms with Gasteiger partial charge in [-0.15, -0.1) is 0 Å². The number of hydrazone groups is 1. The van der Waals surface area contributed by atoms with E-state index in [-0.39, 0.29) is 16.8 Å². The summed E-state index contributed by atoms with van der Waals surface area (Å²) in [5.41, 5.74) is 1.95. The number of carbonyl (C=O) groups excluding carboxylic acids is 2. The van der Waals surface area contributed by atoms with Gasteiger partial charge in [-0.05, 0) is 30.2 Å². The normalized spacial score (nSPS) is 13.9. The van der Waals surface area contributed by atoms with Crippen LogP contribution in [-0.2, 0) is 9.59 Å². The number of hydrogen-bond acceptors (Lipinski definition) is 4. The second kappa shape index (κ2) is 9.57. The smallest absolute Gasteiger partial charge is 0.378 e. The largest absolute Gasteiger partial charge is 0.460 e. The summed E-state index contributed by atoms with van der Waals surface area (Å²) < 4.78 is 89.7. The van der Waals surface area contributed by atoms with Crippen molar-refractivity contribution >= 4 is 23.2 Å². The number of hydrogen-bond donors (Lipinski definition) is 3. The number of aliphatic hydroxyl groups excluding tert-OH is 1. The van der Waals surface area contributed by atoms with Gasteiger partial charge in [-0.3, -0.25) is 9.59 Å². The SMILES string of the molecule is C/C(=N/NC(=O)[C@@H](O)c1ccccc1)c1cccc(NC(=O)C(F)(F)C(F)(F)C(F)(F)F)c1. The molecule has 6 nitrogen and oxygen atoms in total. The number of halogens is 7. The van der Waals surface area contributed by atoms with E-state index in [1.807, 2.05) is 0 Å². The van der Waals surface area contributed by atoms with Crippen LogP contribution in [0.3, 0.4) is 0 Å². The molecule has 2 rings (SSSR count). The Hall–Kier alpha value is -3.48. The minimum atomic E-state index is -6.65. The van der Waals surface area contributed by atoms with E-state index < -0.39 is 41.6 Å². The summed E-state index contributed by atoms with van der Waals surface area (Å²) >= 11 is 0. The van der Waals surface area contributed by atoms with Crippen molar-refractivity contribution in [2.24, 2.45) is 5.10 Å². The second-order valence-corrected chi connectivity index (χ2v) is 6.67. The van der Waals surface area contributed by atoms with Gasteiger partial charge >= 0.3 is 23.9 Å². The van der Waals surface area contributed by atoms with Crippen molar-refractivity contribution in [3.8, 4) is 0 Å². The zero-order chi connectivity index (χ0) is 25.0. The van der Waals surface area contributed by atoms with Crippen molar-refractivity contribution in [3.05, 3.63) is 65.7 Å². The molecule has 0 radical (unpaired) electrons. The predicted molar refractivity (Wildman–Crippen MR) is 103 cm³/mol. The number of anilines is 1.